The van der Waals surface area contributed by atoms with Gasteiger partial charge in [0.25, 0.3) is 0 Å². The van der Waals surface area contributed by atoms with Gasteiger partial charge in [-0.15, -0.1) is 0 Å². The number of ether oxygens (including phenoxy) is 15. The summed E-state index contributed by atoms with van der Waals surface area (Å²) in [6.07, 6.45) is 45.9. The Balaban J connectivity index is 0. The van der Waals surface area contributed by atoms with Crippen molar-refractivity contribution in [2.24, 2.45) is 0 Å². The molecule has 3 aliphatic carbocycles. The van der Waals surface area contributed by atoms with Crippen LogP contribution >= 0.6 is 0 Å². The summed E-state index contributed by atoms with van der Waals surface area (Å²) in [5, 5.41) is 0. The van der Waals surface area contributed by atoms with E-state index in [1.165, 1.54) is 173 Å². The molecule has 3 saturated carbocycles. The van der Waals surface area contributed by atoms with E-state index in [4.69, 9.17) is 71.1 Å². The van der Waals surface area contributed by atoms with Crippen LogP contribution in [0.4, 0.5) is 0 Å². The van der Waals surface area contributed by atoms with Crippen LogP contribution in [0.5, 0.6) is 0 Å². The molecular weight excluding hydrogens is 1480 g/mol. The van der Waals surface area contributed by atoms with Crippen LogP contribution in [0.15, 0.2) is 0 Å². The third-order valence-electron chi connectivity index (χ3n) is 20.9. The second-order valence-electron chi connectivity index (χ2n) is 31.2. The maximum Gasteiger partial charge on any atom is 0.307 e. The van der Waals surface area contributed by atoms with E-state index in [-0.39, 0.29) is 37.2 Å². The number of carbonyl (C=O) groups excluding carboxylic acids is 3. The topological polar surface area (TPSA) is 206 Å². The molecule has 694 valence electrons. The van der Waals surface area contributed by atoms with Gasteiger partial charge in [0.2, 0.25) is 0 Å². The van der Waals surface area contributed by atoms with Gasteiger partial charge in [-0.3, -0.25) is 34.0 Å². The van der Waals surface area contributed by atoms with Gasteiger partial charge >= 0.3 is 17.9 Å². The molecule has 3 aliphatic rings. The predicted octanol–water partition coefficient (Wildman–Crippen LogP) is 17.7. The van der Waals surface area contributed by atoms with Gasteiger partial charge in [-0.05, 0) is 97.8 Å². The molecule has 116 heavy (non-hydrogen) atoms. The van der Waals surface area contributed by atoms with E-state index in [9.17, 15) is 14.4 Å². The molecule has 0 atom stereocenters. The zero-order valence-corrected chi connectivity index (χ0v) is 77.8. The molecule has 0 amide bonds. The fourth-order valence-electron chi connectivity index (χ4n) is 13.6. The van der Waals surface area contributed by atoms with Crippen molar-refractivity contribution < 1.29 is 85.4 Å². The minimum Gasteiger partial charge on any atom is -0.466 e. The van der Waals surface area contributed by atoms with Crippen LogP contribution in [0.25, 0.3) is 0 Å². The van der Waals surface area contributed by atoms with E-state index < -0.39 is 0 Å². The number of carbonyl (C=O) groups is 3. The third-order valence-corrected chi connectivity index (χ3v) is 20.9. The molecule has 0 aliphatic heterocycles. The van der Waals surface area contributed by atoms with Crippen molar-refractivity contribution in [3.05, 3.63) is 0 Å². The van der Waals surface area contributed by atoms with Crippen LogP contribution in [0.1, 0.15) is 313 Å². The minimum absolute atomic E-state index is 0.223. The largest absolute Gasteiger partial charge is 0.466 e. The Morgan fingerprint density at radius 1 is 0.224 bits per heavy atom. The first-order valence-electron chi connectivity index (χ1n) is 47.8. The Morgan fingerprint density at radius 2 is 0.431 bits per heavy atom. The predicted molar refractivity (Wildman–Crippen MR) is 476 cm³/mol. The number of esters is 3. The standard InChI is InChI=1S/C36H69NO6.C21H39NO3.C15H33NO3.C12H27NO3.C9H21NO3/c1-4-7-10-13-16-19-22-31-41-34(38)25-28-37(29-26-35(39)42-32-23-20-17-14-11-8-5-2)30-27-36(40)43-33-24-21-18-15-12-9-6-3;1-2-8-19(7-1)23-16-13-22(14-17-24-20-9-3-4-10-20)15-18-25-21-11-5-6-12-21;1-4-10-17-13-7-16(8-14-18-11-5-2)9-15-19-12-6-3;1-4-14-10-7-13(8-11-15-5-2)9-12-16-6-3;1-11-7-4-10(5-8-12-2)6-9-13-3/h4-33H2,1-3H3;19-21H,1-18H2;4-15H2,1-3H3;4-12H2,1-3H3;4-9H2,1-3H3. The van der Waals surface area contributed by atoms with E-state index in [1.54, 1.807) is 21.3 Å². The molecule has 0 unspecified atom stereocenters. The van der Waals surface area contributed by atoms with Crippen LogP contribution < -0.4 is 0 Å². The van der Waals surface area contributed by atoms with Crippen LogP contribution in [0.2, 0.25) is 0 Å². The first-order valence-corrected chi connectivity index (χ1v) is 47.8. The van der Waals surface area contributed by atoms with Gasteiger partial charge in [0.05, 0.1) is 137 Å². The highest BCUT2D eigenvalue weighted by atomic mass is 16.5. The number of hydrogen-bond acceptors (Lipinski definition) is 23. The maximum atomic E-state index is 12.3. The van der Waals surface area contributed by atoms with E-state index in [0.717, 1.165) is 255 Å². The van der Waals surface area contributed by atoms with E-state index in [1.807, 2.05) is 25.7 Å². The lowest BCUT2D eigenvalue weighted by molar-refractivity contribution is -0.144. The zero-order chi connectivity index (χ0) is 85.0. The minimum atomic E-state index is -0.223. The molecule has 23 nitrogen and oxygen atoms in total. The molecule has 0 heterocycles. The molecule has 0 N–H and O–H groups in total. The summed E-state index contributed by atoms with van der Waals surface area (Å²) < 4.78 is 82.2. The maximum absolute atomic E-state index is 12.3. The first kappa shape index (κ1) is 116. The highest BCUT2D eigenvalue weighted by molar-refractivity contribution is 5.71. The average molecular weight is 1670 g/mol. The zero-order valence-electron chi connectivity index (χ0n) is 77.8. The molecule has 23 heteroatoms. The Labute approximate surface area is 713 Å². The Kier molecular flexibility index (Phi) is 96.4. The molecule has 0 aromatic heterocycles. The number of hydrogen-bond donors (Lipinski definition) is 0. The van der Waals surface area contributed by atoms with Crippen molar-refractivity contribution in [2.45, 2.75) is 331 Å². The van der Waals surface area contributed by atoms with Crippen molar-refractivity contribution in [1.29, 1.82) is 0 Å². The summed E-state index contributed by atoms with van der Waals surface area (Å²) in [4.78, 5) is 48.4. The third kappa shape index (κ3) is 85.3. The number of nitrogens with zero attached hydrogens (tertiary/aromatic N) is 5. The molecular formula is C93H189N5O18. The molecule has 0 bridgehead atoms. The summed E-state index contributed by atoms with van der Waals surface area (Å²) in [6, 6.07) is 0. The van der Waals surface area contributed by atoms with Crippen LogP contribution in [0.3, 0.4) is 0 Å². The molecule has 3 rings (SSSR count). The lowest BCUT2D eigenvalue weighted by Crippen LogP contribution is -2.35. The normalized spacial score (nSPS) is 13.8. The van der Waals surface area contributed by atoms with Crippen LogP contribution in [-0.2, 0) is 85.4 Å². The van der Waals surface area contributed by atoms with Crippen LogP contribution in [-0.4, -0.2) is 319 Å². The molecule has 0 radical (unpaired) electrons. The smallest absolute Gasteiger partial charge is 0.307 e. The second-order valence-corrected chi connectivity index (χ2v) is 31.2. The summed E-state index contributed by atoms with van der Waals surface area (Å²) in [6.45, 7) is 47.9. The Morgan fingerprint density at radius 3 is 0.655 bits per heavy atom. The monoisotopic (exact) mass is 1660 g/mol. The average Bonchev–Trinajstić information content (AvgIpc) is 1.92. The van der Waals surface area contributed by atoms with Gasteiger partial charge in [-0.25, -0.2) is 0 Å². The summed E-state index contributed by atoms with van der Waals surface area (Å²) in [5.41, 5.74) is 0. The first-order chi connectivity index (χ1) is 57.0. The van der Waals surface area contributed by atoms with Crippen LogP contribution in [0, 0.1) is 0 Å². The molecule has 0 aromatic rings. The highest BCUT2D eigenvalue weighted by Crippen LogP contribution is 2.23. The SMILES string of the molecule is C1CCC(OCCN(CCOC2CCCC2)CCOC2CCCC2)C1.CCCCCCCCCOC(=O)CCN(CCC(=O)OCCCCCCCCC)CCC(=O)OCCCCCCCCC.CCCOCCN(CCOCCC)CCOCCC.CCOCCN(CCOCC)CCOCC.COCCN(CCOC)CCOC. The quantitative estimate of drug-likeness (QED) is 0.0315. The van der Waals surface area contributed by atoms with Gasteiger partial charge in [-0.2, -0.15) is 0 Å². The molecule has 0 spiro atoms. The fraction of sp³-hybridized carbons (Fsp3) is 0.968. The Hall–Kier alpha value is -2.27. The number of unbranched alkanes of at least 4 members (excludes halogenated alkanes) is 18. The lowest BCUT2D eigenvalue weighted by Gasteiger charge is -2.24. The van der Waals surface area contributed by atoms with E-state index >= 15 is 0 Å². The number of rotatable bonds is 81. The summed E-state index contributed by atoms with van der Waals surface area (Å²) in [7, 11) is 5.14. The fourth-order valence-corrected chi connectivity index (χ4v) is 13.6. The Bertz CT molecular complexity index is 1720. The second kappa shape index (κ2) is 96.5. The highest BCUT2D eigenvalue weighted by Gasteiger charge is 2.21. The van der Waals surface area contributed by atoms with Crippen molar-refractivity contribution in [3.63, 3.8) is 0 Å². The van der Waals surface area contributed by atoms with Gasteiger partial charge < -0.3 is 76.0 Å². The van der Waals surface area contributed by atoms with Crippen molar-refractivity contribution >= 4 is 17.9 Å². The van der Waals surface area contributed by atoms with E-state index in [0.29, 0.717) is 57.8 Å². The van der Waals surface area contributed by atoms with Crippen molar-refractivity contribution in [3.8, 4) is 0 Å². The molecule has 3 fully saturated rings. The van der Waals surface area contributed by atoms with Crippen molar-refractivity contribution in [1.82, 2.24) is 24.5 Å². The van der Waals surface area contributed by atoms with Gasteiger partial charge in [0.15, 0.2) is 0 Å². The molecule has 0 aromatic carbocycles. The summed E-state index contributed by atoms with van der Waals surface area (Å²) >= 11 is 0. The molecule has 0 saturated heterocycles. The van der Waals surface area contributed by atoms with E-state index in [2.05, 4.69) is 61.1 Å². The lowest BCUT2D eigenvalue weighted by atomic mass is 10.1. The summed E-state index contributed by atoms with van der Waals surface area (Å²) in [5.74, 6) is -0.669. The number of methoxy groups -OCH3 is 3. The van der Waals surface area contributed by atoms with Crippen molar-refractivity contribution in [2.75, 3.05) is 258 Å². The van der Waals surface area contributed by atoms with Gasteiger partial charge in [0, 0.05) is 159 Å². The van der Waals surface area contributed by atoms with Gasteiger partial charge in [-0.1, -0.05) is 196 Å². The van der Waals surface area contributed by atoms with Gasteiger partial charge in [0.1, 0.15) is 0 Å².